The minimum absolute atomic E-state index is 0.194. The molecule has 3 N–H and O–H groups in total. The minimum atomic E-state index is 0.194. The van der Waals surface area contributed by atoms with Crippen LogP contribution < -0.4 is 11.1 Å². The molecule has 0 aromatic heterocycles. The summed E-state index contributed by atoms with van der Waals surface area (Å²) in [6.45, 7) is 1.78. The van der Waals surface area contributed by atoms with Crippen LogP contribution in [0.3, 0.4) is 0 Å². The van der Waals surface area contributed by atoms with E-state index in [2.05, 4.69) is 35.7 Å². The van der Waals surface area contributed by atoms with Crippen molar-refractivity contribution in [2.45, 2.75) is 38.3 Å². The van der Waals surface area contributed by atoms with Crippen LogP contribution in [0.4, 0.5) is 0 Å². The summed E-state index contributed by atoms with van der Waals surface area (Å²) in [6.07, 6.45) is 7.36. The third-order valence-corrected chi connectivity index (χ3v) is 3.34. The molecule has 0 fully saturated rings. The zero-order valence-electron chi connectivity index (χ0n) is 10.4. The number of nitrogens with two attached hydrogens (primary N) is 1. The van der Waals surface area contributed by atoms with Crippen molar-refractivity contribution < 1.29 is 0 Å². The zero-order chi connectivity index (χ0) is 11.9. The standard InChI is InChI=1S/C15H22N2/c16-15(14-9-5-2-6-10-14)12-17-11-13-7-3-1-4-8-13/h1,3-4,7-9,15,17H,2,5-6,10-12,16H2. The lowest BCUT2D eigenvalue weighted by molar-refractivity contribution is 0.579. The molecule has 1 aromatic carbocycles. The summed E-state index contributed by atoms with van der Waals surface area (Å²) >= 11 is 0. The Morgan fingerprint density at radius 2 is 2.00 bits per heavy atom. The highest BCUT2D eigenvalue weighted by molar-refractivity contribution is 5.15. The van der Waals surface area contributed by atoms with Crippen molar-refractivity contribution in [3.05, 3.63) is 47.5 Å². The summed E-state index contributed by atoms with van der Waals surface area (Å²) in [5.74, 6) is 0. The monoisotopic (exact) mass is 230 g/mol. The van der Waals surface area contributed by atoms with E-state index < -0.39 is 0 Å². The lowest BCUT2D eigenvalue weighted by Crippen LogP contribution is -2.35. The second-order valence-corrected chi connectivity index (χ2v) is 4.75. The third kappa shape index (κ3) is 3.99. The summed E-state index contributed by atoms with van der Waals surface area (Å²) in [5, 5.41) is 3.43. The third-order valence-electron chi connectivity index (χ3n) is 3.34. The summed E-state index contributed by atoms with van der Waals surface area (Å²) in [4.78, 5) is 0. The van der Waals surface area contributed by atoms with Crippen molar-refractivity contribution in [1.29, 1.82) is 0 Å². The maximum absolute atomic E-state index is 6.18. The predicted molar refractivity (Wildman–Crippen MR) is 72.7 cm³/mol. The molecule has 17 heavy (non-hydrogen) atoms. The second kappa shape index (κ2) is 6.58. The Morgan fingerprint density at radius 3 is 2.71 bits per heavy atom. The van der Waals surface area contributed by atoms with Gasteiger partial charge in [0.1, 0.15) is 0 Å². The van der Waals surface area contributed by atoms with Crippen LogP contribution in [0.2, 0.25) is 0 Å². The van der Waals surface area contributed by atoms with Crippen LogP contribution in [0.25, 0.3) is 0 Å². The predicted octanol–water partition coefficient (Wildman–Crippen LogP) is 2.60. The largest absolute Gasteiger partial charge is 0.323 e. The van der Waals surface area contributed by atoms with Crippen LogP contribution >= 0.6 is 0 Å². The van der Waals surface area contributed by atoms with Crippen LogP contribution in [0.1, 0.15) is 31.2 Å². The van der Waals surface area contributed by atoms with E-state index in [1.54, 1.807) is 0 Å². The fraction of sp³-hybridized carbons (Fsp3) is 0.467. The zero-order valence-corrected chi connectivity index (χ0v) is 10.4. The molecule has 2 heteroatoms. The van der Waals surface area contributed by atoms with Gasteiger partial charge in [-0.1, -0.05) is 42.0 Å². The van der Waals surface area contributed by atoms with Gasteiger partial charge in [0.2, 0.25) is 0 Å². The molecule has 0 bridgehead atoms. The summed E-state index contributed by atoms with van der Waals surface area (Å²) < 4.78 is 0. The number of hydrogen-bond donors (Lipinski definition) is 2. The number of rotatable bonds is 5. The lowest BCUT2D eigenvalue weighted by Gasteiger charge is -2.20. The van der Waals surface area contributed by atoms with Crippen molar-refractivity contribution in [1.82, 2.24) is 5.32 Å². The van der Waals surface area contributed by atoms with Crippen LogP contribution in [0, 0.1) is 0 Å². The topological polar surface area (TPSA) is 38.0 Å². The molecule has 0 spiro atoms. The van der Waals surface area contributed by atoms with Gasteiger partial charge >= 0.3 is 0 Å². The Balaban J connectivity index is 1.73. The molecule has 0 aliphatic heterocycles. The molecule has 0 saturated heterocycles. The van der Waals surface area contributed by atoms with Crippen molar-refractivity contribution in [3.63, 3.8) is 0 Å². The Hall–Kier alpha value is -1.12. The molecule has 0 heterocycles. The van der Waals surface area contributed by atoms with Crippen molar-refractivity contribution in [3.8, 4) is 0 Å². The Morgan fingerprint density at radius 1 is 1.18 bits per heavy atom. The van der Waals surface area contributed by atoms with Crippen LogP contribution in [0.5, 0.6) is 0 Å². The van der Waals surface area contributed by atoms with E-state index in [-0.39, 0.29) is 6.04 Å². The van der Waals surface area contributed by atoms with Gasteiger partial charge in [-0.2, -0.15) is 0 Å². The van der Waals surface area contributed by atoms with Crippen LogP contribution in [-0.2, 0) is 6.54 Å². The maximum Gasteiger partial charge on any atom is 0.0380 e. The van der Waals surface area contributed by atoms with Gasteiger partial charge < -0.3 is 11.1 Å². The molecule has 2 rings (SSSR count). The van der Waals surface area contributed by atoms with Gasteiger partial charge in [-0.25, -0.2) is 0 Å². The smallest absolute Gasteiger partial charge is 0.0380 e. The van der Waals surface area contributed by atoms with E-state index in [9.17, 15) is 0 Å². The Bertz CT molecular complexity index is 356. The van der Waals surface area contributed by atoms with Gasteiger partial charge in [0, 0.05) is 19.1 Å². The van der Waals surface area contributed by atoms with E-state index in [1.165, 1.54) is 36.8 Å². The first kappa shape index (κ1) is 12.3. The first-order valence-electron chi connectivity index (χ1n) is 6.55. The van der Waals surface area contributed by atoms with E-state index >= 15 is 0 Å². The number of nitrogens with one attached hydrogen (secondary N) is 1. The van der Waals surface area contributed by atoms with Crippen LogP contribution in [0.15, 0.2) is 42.0 Å². The SMILES string of the molecule is NC(CNCc1ccccc1)C1=CCCCC1. The highest BCUT2D eigenvalue weighted by Crippen LogP contribution is 2.19. The molecule has 0 saturated carbocycles. The molecule has 92 valence electrons. The summed E-state index contributed by atoms with van der Waals surface area (Å²) in [7, 11) is 0. The number of benzene rings is 1. The Labute approximate surface area is 104 Å². The van der Waals surface area contributed by atoms with E-state index in [4.69, 9.17) is 5.73 Å². The molecular weight excluding hydrogens is 208 g/mol. The number of hydrogen-bond acceptors (Lipinski definition) is 2. The first-order chi connectivity index (χ1) is 8.36. The maximum atomic E-state index is 6.18. The van der Waals surface area contributed by atoms with E-state index in [0.29, 0.717) is 0 Å². The molecule has 2 nitrogen and oxygen atoms in total. The molecule has 1 atom stereocenters. The molecule has 1 aromatic rings. The van der Waals surface area contributed by atoms with Crippen molar-refractivity contribution >= 4 is 0 Å². The van der Waals surface area contributed by atoms with Crippen LogP contribution in [-0.4, -0.2) is 12.6 Å². The average molecular weight is 230 g/mol. The highest BCUT2D eigenvalue weighted by Gasteiger charge is 2.11. The lowest BCUT2D eigenvalue weighted by atomic mass is 9.94. The van der Waals surface area contributed by atoms with E-state index in [1.807, 2.05) is 6.07 Å². The summed E-state index contributed by atoms with van der Waals surface area (Å²) in [5.41, 5.74) is 8.94. The molecular formula is C15H22N2. The van der Waals surface area contributed by atoms with Gasteiger partial charge in [0.05, 0.1) is 0 Å². The fourth-order valence-corrected chi connectivity index (χ4v) is 2.30. The molecule has 1 unspecified atom stereocenters. The van der Waals surface area contributed by atoms with Crippen molar-refractivity contribution in [2.24, 2.45) is 5.73 Å². The molecule has 0 radical (unpaired) electrons. The van der Waals surface area contributed by atoms with Gasteiger partial charge in [-0.15, -0.1) is 0 Å². The highest BCUT2D eigenvalue weighted by atomic mass is 14.9. The minimum Gasteiger partial charge on any atom is -0.323 e. The van der Waals surface area contributed by atoms with Crippen molar-refractivity contribution in [2.75, 3.05) is 6.54 Å². The first-order valence-corrected chi connectivity index (χ1v) is 6.55. The van der Waals surface area contributed by atoms with Gasteiger partial charge in [-0.3, -0.25) is 0 Å². The normalized spacial score (nSPS) is 17.6. The number of allylic oxidation sites excluding steroid dienone is 1. The second-order valence-electron chi connectivity index (χ2n) is 4.75. The summed E-state index contributed by atoms with van der Waals surface area (Å²) in [6, 6.07) is 10.7. The Kier molecular flexibility index (Phi) is 4.77. The van der Waals surface area contributed by atoms with Gasteiger partial charge in [0.15, 0.2) is 0 Å². The molecule has 1 aliphatic rings. The average Bonchev–Trinajstić information content (AvgIpc) is 2.41. The van der Waals surface area contributed by atoms with Gasteiger partial charge in [-0.05, 0) is 31.2 Å². The fourth-order valence-electron chi connectivity index (χ4n) is 2.30. The molecule has 1 aliphatic carbocycles. The van der Waals surface area contributed by atoms with Gasteiger partial charge in [0.25, 0.3) is 0 Å². The van der Waals surface area contributed by atoms with E-state index in [0.717, 1.165) is 13.1 Å². The molecule has 0 amide bonds. The quantitative estimate of drug-likeness (QED) is 0.763.